The molecule has 6 nitrogen and oxygen atoms in total. The number of aromatic nitrogens is 1. The Morgan fingerprint density at radius 3 is 2.24 bits per heavy atom. The molecule has 4 aromatic rings. The second-order valence-electron chi connectivity index (χ2n) is 8.29. The Bertz CT molecular complexity index is 1420. The molecule has 2 heterocycles. The molecule has 0 bridgehead atoms. The molecule has 1 aliphatic rings. The molecule has 168 valence electrons. The van der Waals surface area contributed by atoms with Crippen LogP contribution in [0, 0.1) is 0 Å². The minimum absolute atomic E-state index is 0.0648. The lowest BCUT2D eigenvalue weighted by Crippen LogP contribution is -2.54. The van der Waals surface area contributed by atoms with Gasteiger partial charge in [0.05, 0.1) is 6.04 Å². The van der Waals surface area contributed by atoms with Crippen LogP contribution >= 0.6 is 0 Å². The van der Waals surface area contributed by atoms with Crippen LogP contribution in [0.1, 0.15) is 29.7 Å². The van der Waals surface area contributed by atoms with E-state index >= 15 is 0 Å². The third-order valence-electron chi connectivity index (χ3n) is 6.12. The van der Waals surface area contributed by atoms with Crippen LogP contribution in [-0.2, 0) is 16.1 Å². The van der Waals surface area contributed by atoms with Gasteiger partial charge in [-0.3, -0.25) is 19.8 Å². The standard InChI is InChI=1S/C28H23N3O3/c1-19(21-12-6-3-7-13-21)31-27(33)24(26(32)29-28(31)34)16-22-18-30(17-20-10-4-2-5-11-20)25-15-9-8-14-23(22)25/h2-16,18-19H,17H2,1H3,(H,29,32,34)/b24-16+/t19-/m0/s1. The summed E-state index contributed by atoms with van der Waals surface area (Å²) < 4.78 is 2.10. The molecule has 1 aliphatic heterocycles. The van der Waals surface area contributed by atoms with Gasteiger partial charge in [0, 0.05) is 29.2 Å². The first-order chi connectivity index (χ1) is 16.5. The summed E-state index contributed by atoms with van der Waals surface area (Å²) in [5.41, 5.74) is 3.62. The van der Waals surface area contributed by atoms with E-state index in [1.54, 1.807) is 13.0 Å². The predicted octanol–water partition coefficient (Wildman–Crippen LogP) is 4.91. The third kappa shape index (κ3) is 3.90. The van der Waals surface area contributed by atoms with Crippen molar-refractivity contribution in [3.8, 4) is 0 Å². The molecule has 5 rings (SSSR count). The lowest BCUT2D eigenvalue weighted by atomic mass is 10.0. The molecule has 0 saturated carbocycles. The Morgan fingerprint density at radius 2 is 1.50 bits per heavy atom. The summed E-state index contributed by atoms with van der Waals surface area (Å²) in [4.78, 5) is 39.8. The first-order valence-corrected chi connectivity index (χ1v) is 11.1. The van der Waals surface area contributed by atoms with E-state index in [1.165, 1.54) is 0 Å². The number of fused-ring (bicyclic) bond motifs is 1. The van der Waals surface area contributed by atoms with Gasteiger partial charge < -0.3 is 4.57 Å². The molecule has 0 aliphatic carbocycles. The highest BCUT2D eigenvalue weighted by Crippen LogP contribution is 2.28. The number of hydrogen-bond donors (Lipinski definition) is 1. The summed E-state index contributed by atoms with van der Waals surface area (Å²) in [6.07, 6.45) is 3.52. The van der Waals surface area contributed by atoms with E-state index in [4.69, 9.17) is 0 Å². The van der Waals surface area contributed by atoms with Crippen LogP contribution in [0.15, 0.2) is 96.7 Å². The normalized spacial score (nSPS) is 16.2. The lowest BCUT2D eigenvalue weighted by Gasteiger charge is -2.31. The zero-order chi connectivity index (χ0) is 23.7. The Labute approximate surface area is 197 Å². The molecule has 1 saturated heterocycles. The van der Waals surface area contributed by atoms with Crippen molar-refractivity contribution in [1.82, 2.24) is 14.8 Å². The molecule has 4 amide bonds. The van der Waals surface area contributed by atoms with E-state index in [1.807, 2.05) is 79.0 Å². The summed E-state index contributed by atoms with van der Waals surface area (Å²) in [5.74, 6) is -1.30. The molecule has 1 aromatic heterocycles. The highest BCUT2D eigenvalue weighted by molar-refractivity contribution is 6.31. The number of para-hydroxylation sites is 1. The minimum atomic E-state index is -0.713. The van der Waals surface area contributed by atoms with Crippen molar-refractivity contribution >= 4 is 34.8 Å². The number of benzene rings is 3. The smallest absolute Gasteiger partial charge is 0.331 e. The molecular formula is C28H23N3O3. The number of carbonyl (C=O) groups is 3. The zero-order valence-electron chi connectivity index (χ0n) is 18.6. The molecule has 3 aromatic carbocycles. The second-order valence-corrected chi connectivity index (χ2v) is 8.29. The van der Waals surface area contributed by atoms with Gasteiger partial charge in [0.1, 0.15) is 5.57 Å². The van der Waals surface area contributed by atoms with Crippen LogP contribution in [0.25, 0.3) is 17.0 Å². The maximum absolute atomic E-state index is 13.4. The number of rotatable bonds is 5. The molecule has 1 atom stereocenters. The van der Waals surface area contributed by atoms with Crippen molar-refractivity contribution in [2.45, 2.75) is 19.5 Å². The Kier molecular flexibility index (Phi) is 5.55. The van der Waals surface area contributed by atoms with E-state index in [9.17, 15) is 14.4 Å². The van der Waals surface area contributed by atoms with Gasteiger partial charge in [0.2, 0.25) is 0 Å². The molecule has 34 heavy (non-hydrogen) atoms. The minimum Gasteiger partial charge on any atom is -0.342 e. The highest BCUT2D eigenvalue weighted by Gasteiger charge is 2.39. The summed E-state index contributed by atoms with van der Waals surface area (Å²) in [6.45, 7) is 2.42. The number of hydrogen-bond acceptors (Lipinski definition) is 3. The van der Waals surface area contributed by atoms with Crippen LogP contribution in [0.3, 0.4) is 0 Å². The van der Waals surface area contributed by atoms with E-state index in [2.05, 4.69) is 22.0 Å². The van der Waals surface area contributed by atoms with Crippen molar-refractivity contribution in [2.75, 3.05) is 0 Å². The van der Waals surface area contributed by atoms with E-state index in [0.29, 0.717) is 6.54 Å². The van der Waals surface area contributed by atoms with Gasteiger partial charge in [-0.15, -0.1) is 0 Å². The first kappa shape index (κ1) is 21.4. The van der Waals surface area contributed by atoms with Crippen molar-refractivity contribution < 1.29 is 14.4 Å². The van der Waals surface area contributed by atoms with Gasteiger partial charge in [0.15, 0.2) is 0 Å². The summed E-state index contributed by atoms with van der Waals surface area (Å²) >= 11 is 0. The quantitative estimate of drug-likeness (QED) is 0.348. The molecule has 0 radical (unpaired) electrons. The SMILES string of the molecule is C[C@@H](c1ccccc1)N1C(=O)NC(=O)/C(=C\c2cn(Cc3ccccc3)c3ccccc23)C1=O. The van der Waals surface area contributed by atoms with Crippen molar-refractivity contribution in [1.29, 1.82) is 0 Å². The molecule has 1 N–H and O–H groups in total. The van der Waals surface area contributed by atoms with Crippen molar-refractivity contribution in [3.63, 3.8) is 0 Å². The summed E-state index contributed by atoms with van der Waals surface area (Å²) in [5, 5.41) is 3.25. The van der Waals surface area contributed by atoms with Crippen LogP contribution in [0.2, 0.25) is 0 Å². The molecule has 0 unspecified atom stereocenters. The van der Waals surface area contributed by atoms with Crippen LogP contribution < -0.4 is 5.32 Å². The number of nitrogens with one attached hydrogen (secondary N) is 1. The fourth-order valence-electron chi connectivity index (χ4n) is 4.36. The Balaban J connectivity index is 1.54. The van der Waals surface area contributed by atoms with Gasteiger partial charge in [-0.25, -0.2) is 4.79 Å². The number of urea groups is 1. The van der Waals surface area contributed by atoms with Gasteiger partial charge in [0.25, 0.3) is 11.8 Å². The molecule has 1 fully saturated rings. The second kappa shape index (κ2) is 8.83. The lowest BCUT2D eigenvalue weighted by molar-refractivity contribution is -0.131. The van der Waals surface area contributed by atoms with Crippen LogP contribution in [-0.4, -0.2) is 27.3 Å². The van der Waals surface area contributed by atoms with Crippen molar-refractivity contribution in [3.05, 3.63) is 113 Å². The van der Waals surface area contributed by atoms with Crippen LogP contribution in [0.4, 0.5) is 4.79 Å². The Hall–Kier alpha value is -4.45. The number of nitrogens with zero attached hydrogens (tertiary/aromatic N) is 2. The molecule has 0 spiro atoms. The van der Waals surface area contributed by atoms with Gasteiger partial charge in [-0.05, 0) is 30.2 Å². The average Bonchev–Trinajstić information content (AvgIpc) is 3.20. The fourth-order valence-corrected chi connectivity index (χ4v) is 4.36. The number of barbiturate groups is 1. The summed E-state index contributed by atoms with van der Waals surface area (Å²) in [6, 6.07) is 26.0. The first-order valence-electron chi connectivity index (χ1n) is 11.1. The predicted molar refractivity (Wildman–Crippen MR) is 131 cm³/mol. The zero-order valence-corrected chi connectivity index (χ0v) is 18.6. The van der Waals surface area contributed by atoms with Gasteiger partial charge >= 0.3 is 6.03 Å². The molecular weight excluding hydrogens is 426 g/mol. The van der Waals surface area contributed by atoms with E-state index < -0.39 is 23.9 Å². The number of carbonyl (C=O) groups excluding carboxylic acids is 3. The highest BCUT2D eigenvalue weighted by atomic mass is 16.2. The topological polar surface area (TPSA) is 71.4 Å². The Morgan fingerprint density at radius 1 is 0.853 bits per heavy atom. The average molecular weight is 450 g/mol. The monoisotopic (exact) mass is 449 g/mol. The maximum atomic E-state index is 13.4. The molecule has 6 heteroatoms. The van der Waals surface area contributed by atoms with Gasteiger partial charge in [-0.2, -0.15) is 0 Å². The van der Waals surface area contributed by atoms with Crippen molar-refractivity contribution in [2.24, 2.45) is 0 Å². The third-order valence-corrected chi connectivity index (χ3v) is 6.12. The largest absolute Gasteiger partial charge is 0.342 e. The number of imide groups is 2. The van der Waals surface area contributed by atoms with Gasteiger partial charge in [-0.1, -0.05) is 78.9 Å². The van der Waals surface area contributed by atoms with E-state index in [0.717, 1.165) is 32.5 Å². The summed E-state index contributed by atoms with van der Waals surface area (Å²) in [7, 11) is 0. The fraction of sp³-hybridized carbons (Fsp3) is 0.107. The number of amides is 4. The van der Waals surface area contributed by atoms with E-state index in [-0.39, 0.29) is 5.57 Å². The van der Waals surface area contributed by atoms with Crippen LogP contribution in [0.5, 0.6) is 0 Å². The maximum Gasteiger partial charge on any atom is 0.331 e.